The summed E-state index contributed by atoms with van der Waals surface area (Å²) >= 11 is 0. The Kier molecular flexibility index (Phi) is 4.71. The lowest BCUT2D eigenvalue weighted by atomic mass is 9.94. The minimum atomic E-state index is 0.345. The predicted molar refractivity (Wildman–Crippen MR) is 117 cm³/mol. The van der Waals surface area contributed by atoms with E-state index in [1.165, 1.54) is 0 Å². The van der Waals surface area contributed by atoms with Gasteiger partial charge in [0.05, 0.1) is 18.1 Å². The molecule has 2 atom stereocenters. The van der Waals surface area contributed by atoms with Gasteiger partial charge in [-0.15, -0.1) is 5.10 Å². The van der Waals surface area contributed by atoms with Crippen molar-refractivity contribution in [3.8, 4) is 17.0 Å². The highest BCUT2D eigenvalue weighted by molar-refractivity contribution is 5.89. The number of ether oxygens (including phenoxy) is 1. The fourth-order valence-electron chi connectivity index (χ4n) is 4.29. The Morgan fingerprint density at radius 1 is 1.13 bits per heavy atom. The molecular weight excluding hydrogens is 378 g/mol. The molecule has 0 amide bonds. The number of anilines is 1. The first-order chi connectivity index (χ1) is 14.6. The van der Waals surface area contributed by atoms with Crippen LogP contribution in [0.5, 0.6) is 5.88 Å². The van der Waals surface area contributed by atoms with E-state index in [0.717, 1.165) is 47.2 Å². The molecule has 1 aliphatic heterocycles. The van der Waals surface area contributed by atoms with Gasteiger partial charge in [0.1, 0.15) is 5.52 Å². The number of fused-ring (bicyclic) bond motifs is 2. The molecule has 0 bridgehead atoms. The Bertz CT molecular complexity index is 1200. The van der Waals surface area contributed by atoms with Gasteiger partial charge in [0, 0.05) is 36.7 Å². The third-order valence-electron chi connectivity index (χ3n) is 5.88. The average molecular weight is 403 g/mol. The Balaban J connectivity index is 1.52. The normalized spacial score (nSPS) is 20.0. The third kappa shape index (κ3) is 3.33. The van der Waals surface area contributed by atoms with Crippen LogP contribution in [0.2, 0.25) is 0 Å². The van der Waals surface area contributed by atoms with E-state index >= 15 is 0 Å². The topological polar surface area (TPSA) is 80.5 Å². The van der Waals surface area contributed by atoms with Crippen LogP contribution in [0, 0.1) is 5.92 Å². The van der Waals surface area contributed by atoms with E-state index in [4.69, 9.17) is 9.84 Å². The highest BCUT2D eigenvalue weighted by Crippen LogP contribution is 2.32. The Morgan fingerprint density at radius 3 is 2.77 bits per heavy atom. The van der Waals surface area contributed by atoms with Crippen LogP contribution in [-0.4, -0.2) is 62.8 Å². The predicted octanol–water partition coefficient (Wildman–Crippen LogP) is 3.10. The molecule has 5 rings (SSSR count). The van der Waals surface area contributed by atoms with Crippen molar-refractivity contribution in [2.24, 2.45) is 5.92 Å². The lowest BCUT2D eigenvalue weighted by Gasteiger charge is -2.35. The van der Waals surface area contributed by atoms with Gasteiger partial charge in [-0.05, 0) is 49.7 Å². The number of methoxy groups -OCH3 is 1. The van der Waals surface area contributed by atoms with Crippen LogP contribution >= 0.6 is 0 Å². The van der Waals surface area contributed by atoms with Crippen LogP contribution in [-0.2, 0) is 0 Å². The monoisotopic (exact) mass is 403 g/mol. The van der Waals surface area contributed by atoms with Crippen molar-refractivity contribution in [2.45, 2.75) is 19.4 Å². The molecule has 4 heterocycles. The molecule has 4 aromatic rings. The molecule has 8 nitrogen and oxygen atoms in total. The Labute approximate surface area is 174 Å². The largest absolute Gasteiger partial charge is 0.479 e. The zero-order valence-electron chi connectivity index (χ0n) is 17.4. The standard InChI is InChI=1S/C22H25N7O/c1-14-13-28(2)10-7-17(14)25-22-26-21(30-3)20-16(6-11-29(20)27-22)15-4-5-18-19(12-15)24-9-8-23-18/h4-6,8-9,11-12,14,17H,7,10,13H2,1-3H3,(H,25,27)/t14-,17+/m1/s1. The van der Waals surface area contributed by atoms with Gasteiger partial charge in [-0.2, -0.15) is 4.98 Å². The minimum absolute atomic E-state index is 0.345. The summed E-state index contributed by atoms with van der Waals surface area (Å²) in [6, 6.07) is 8.43. The number of piperidine rings is 1. The summed E-state index contributed by atoms with van der Waals surface area (Å²) in [5, 5.41) is 8.24. The number of hydrogen-bond donors (Lipinski definition) is 1. The molecule has 0 spiro atoms. The average Bonchev–Trinajstić information content (AvgIpc) is 3.19. The molecule has 0 radical (unpaired) electrons. The second-order valence-corrected chi connectivity index (χ2v) is 8.01. The summed E-state index contributed by atoms with van der Waals surface area (Å²) in [6.45, 7) is 4.40. The molecule has 3 aromatic heterocycles. The van der Waals surface area contributed by atoms with Crippen LogP contribution in [0.1, 0.15) is 13.3 Å². The van der Waals surface area contributed by atoms with E-state index in [2.05, 4.69) is 39.1 Å². The zero-order valence-corrected chi connectivity index (χ0v) is 17.4. The summed E-state index contributed by atoms with van der Waals surface area (Å²) in [4.78, 5) is 15.8. The number of nitrogens with zero attached hydrogens (tertiary/aromatic N) is 6. The van der Waals surface area contributed by atoms with E-state index in [1.54, 1.807) is 19.5 Å². The molecule has 0 aliphatic carbocycles. The van der Waals surface area contributed by atoms with Gasteiger partial charge >= 0.3 is 0 Å². The first kappa shape index (κ1) is 18.7. The quantitative estimate of drug-likeness (QED) is 0.561. The maximum atomic E-state index is 5.66. The molecule has 8 heteroatoms. The molecule has 1 N–H and O–H groups in total. The van der Waals surface area contributed by atoms with Gasteiger partial charge in [0.2, 0.25) is 11.8 Å². The summed E-state index contributed by atoms with van der Waals surface area (Å²) in [7, 11) is 3.81. The van der Waals surface area contributed by atoms with Gasteiger partial charge in [-0.25, -0.2) is 4.52 Å². The van der Waals surface area contributed by atoms with Crippen molar-refractivity contribution in [3.05, 3.63) is 42.9 Å². The van der Waals surface area contributed by atoms with Gasteiger partial charge in [-0.1, -0.05) is 13.0 Å². The molecule has 0 unspecified atom stereocenters. The number of nitrogens with one attached hydrogen (secondary N) is 1. The third-order valence-corrected chi connectivity index (χ3v) is 5.88. The lowest BCUT2D eigenvalue weighted by Crippen LogP contribution is -2.43. The van der Waals surface area contributed by atoms with Crippen LogP contribution in [0.25, 0.3) is 27.7 Å². The molecule has 1 aromatic carbocycles. The molecule has 1 fully saturated rings. The van der Waals surface area contributed by atoms with Gasteiger partial charge in [0.25, 0.3) is 0 Å². The fourth-order valence-corrected chi connectivity index (χ4v) is 4.29. The number of benzene rings is 1. The summed E-state index contributed by atoms with van der Waals surface area (Å²) in [6.07, 6.45) is 6.41. The smallest absolute Gasteiger partial charge is 0.244 e. The highest BCUT2D eigenvalue weighted by Gasteiger charge is 2.25. The van der Waals surface area contributed by atoms with Crippen molar-refractivity contribution >= 4 is 22.5 Å². The Morgan fingerprint density at radius 2 is 1.97 bits per heavy atom. The number of likely N-dealkylation sites (tertiary alicyclic amines) is 1. The van der Waals surface area contributed by atoms with Crippen LogP contribution < -0.4 is 10.1 Å². The molecule has 0 saturated carbocycles. The molecule has 1 aliphatic rings. The van der Waals surface area contributed by atoms with E-state index < -0.39 is 0 Å². The first-order valence-corrected chi connectivity index (χ1v) is 10.2. The van der Waals surface area contributed by atoms with Gasteiger partial charge in [-0.3, -0.25) is 9.97 Å². The summed E-state index contributed by atoms with van der Waals surface area (Å²) in [5.41, 5.74) is 4.58. The molecule has 154 valence electrons. The Hall–Kier alpha value is -3.26. The van der Waals surface area contributed by atoms with Crippen molar-refractivity contribution in [2.75, 3.05) is 32.6 Å². The van der Waals surface area contributed by atoms with E-state index in [1.807, 2.05) is 35.0 Å². The number of aromatic nitrogens is 5. The van der Waals surface area contributed by atoms with Crippen molar-refractivity contribution in [3.63, 3.8) is 0 Å². The van der Waals surface area contributed by atoms with Crippen molar-refractivity contribution < 1.29 is 4.74 Å². The minimum Gasteiger partial charge on any atom is -0.479 e. The highest BCUT2D eigenvalue weighted by atomic mass is 16.5. The second kappa shape index (κ2) is 7.53. The van der Waals surface area contributed by atoms with Gasteiger partial charge < -0.3 is 15.0 Å². The van der Waals surface area contributed by atoms with Crippen LogP contribution in [0.15, 0.2) is 42.9 Å². The summed E-state index contributed by atoms with van der Waals surface area (Å²) in [5.74, 6) is 1.66. The first-order valence-electron chi connectivity index (χ1n) is 10.2. The lowest BCUT2D eigenvalue weighted by molar-refractivity contribution is 0.205. The zero-order chi connectivity index (χ0) is 20.7. The fraction of sp³-hybridized carbons (Fsp3) is 0.364. The SMILES string of the molecule is COc1nc(N[C@H]2CCN(C)C[C@H]2C)nn2ccc(-c3ccc4nccnc4c3)c12. The van der Waals surface area contributed by atoms with Crippen LogP contribution in [0.4, 0.5) is 5.95 Å². The van der Waals surface area contributed by atoms with E-state index in [-0.39, 0.29) is 0 Å². The number of rotatable bonds is 4. The molecular formula is C22H25N7O. The maximum absolute atomic E-state index is 5.66. The number of hydrogen-bond acceptors (Lipinski definition) is 7. The van der Waals surface area contributed by atoms with Crippen molar-refractivity contribution in [1.82, 2.24) is 29.5 Å². The van der Waals surface area contributed by atoms with E-state index in [0.29, 0.717) is 23.8 Å². The van der Waals surface area contributed by atoms with Gasteiger partial charge in [0.15, 0.2) is 0 Å². The van der Waals surface area contributed by atoms with E-state index in [9.17, 15) is 0 Å². The van der Waals surface area contributed by atoms with Crippen molar-refractivity contribution in [1.29, 1.82) is 0 Å². The molecule has 30 heavy (non-hydrogen) atoms. The second-order valence-electron chi connectivity index (χ2n) is 8.01. The summed E-state index contributed by atoms with van der Waals surface area (Å²) < 4.78 is 7.50. The maximum Gasteiger partial charge on any atom is 0.244 e. The molecule has 1 saturated heterocycles. The van der Waals surface area contributed by atoms with Crippen LogP contribution in [0.3, 0.4) is 0 Å².